The van der Waals surface area contributed by atoms with Crippen LogP contribution in [-0.4, -0.2) is 10.9 Å². The van der Waals surface area contributed by atoms with Crippen molar-refractivity contribution in [2.45, 2.75) is 6.54 Å². The third kappa shape index (κ3) is 3.20. The predicted molar refractivity (Wildman–Crippen MR) is 83.8 cm³/mol. The summed E-state index contributed by atoms with van der Waals surface area (Å²) in [7, 11) is 0. The van der Waals surface area contributed by atoms with Crippen LogP contribution in [0.4, 0.5) is 0 Å². The Morgan fingerprint density at radius 1 is 0.857 bits per heavy atom. The van der Waals surface area contributed by atoms with Gasteiger partial charge in [0.15, 0.2) is 0 Å². The van der Waals surface area contributed by atoms with Gasteiger partial charge in [-0.2, -0.15) is 0 Å². The van der Waals surface area contributed by atoms with Crippen LogP contribution in [-0.2, 0) is 6.54 Å². The van der Waals surface area contributed by atoms with E-state index in [1.807, 2.05) is 60.8 Å². The fourth-order valence-corrected chi connectivity index (χ4v) is 2.20. The molecule has 2 N–H and O–H groups in total. The smallest absolute Gasteiger partial charge is 0.251 e. The van der Waals surface area contributed by atoms with Crippen LogP contribution in [0.15, 0.2) is 72.9 Å². The van der Waals surface area contributed by atoms with Gasteiger partial charge in [-0.3, -0.25) is 4.79 Å². The summed E-state index contributed by atoms with van der Waals surface area (Å²) < 4.78 is 0. The van der Waals surface area contributed by atoms with Crippen molar-refractivity contribution in [2.24, 2.45) is 0 Å². The maximum Gasteiger partial charge on any atom is 0.251 e. The Hall–Kier alpha value is -2.81. The lowest BCUT2D eigenvalue weighted by atomic mass is 10.0. The Balaban J connectivity index is 1.67. The van der Waals surface area contributed by atoms with E-state index in [1.54, 1.807) is 0 Å². The maximum atomic E-state index is 12.1. The second kappa shape index (κ2) is 6.09. The average Bonchev–Trinajstić information content (AvgIpc) is 3.07. The van der Waals surface area contributed by atoms with Crippen molar-refractivity contribution < 1.29 is 4.79 Å². The molecular weight excluding hydrogens is 260 g/mol. The zero-order valence-electron chi connectivity index (χ0n) is 11.5. The number of benzene rings is 2. The quantitative estimate of drug-likeness (QED) is 0.751. The molecule has 0 atom stereocenters. The van der Waals surface area contributed by atoms with E-state index in [-0.39, 0.29) is 5.91 Å². The molecule has 2 aromatic carbocycles. The first-order valence-corrected chi connectivity index (χ1v) is 6.89. The van der Waals surface area contributed by atoms with Crippen molar-refractivity contribution in [1.82, 2.24) is 10.3 Å². The molecule has 0 aliphatic carbocycles. The summed E-state index contributed by atoms with van der Waals surface area (Å²) in [6.45, 7) is 0.506. The Bertz CT molecular complexity index is 701. The molecule has 0 spiro atoms. The Kier molecular flexibility index (Phi) is 3.83. The first-order valence-electron chi connectivity index (χ1n) is 6.89. The number of nitrogens with one attached hydrogen (secondary N) is 2. The molecule has 21 heavy (non-hydrogen) atoms. The number of aromatic nitrogens is 1. The minimum Gasteiger partial charge on any atom is -0.364 e. The van der Waals surface area contributed by atoms with E-state index in [0.29, 0.717) is 12.1 Å². The summed E-state index contributed by atoms with van der Waals surface area (Å²) in [5.74, 6) is -0.0655. The highest BCUT2D eigenvalue weighted by molar-refractivity contribution is 5.94. The lowest BCUT2D eigenvalue weighted by Crippen LogP contribution is -2.22. The number of carbonyl (C=O) groups excluding carboxylic acids is 1. The van der Waals surface area contributed by atoms with Crippen molar-refractivity contribution in [3.63, 3.8) is 0 Å². The second-order valence-corrected chi connectivity index (χ2v) is 4.82. The minimum atomic E-state index is -0.0655. The third-order valence-corrected chi connectivity index (χ3v) is 3.36. The van der Waals surface area contributed by atoms with Crippen LogP contribution in [0, 0.1) is 0 Å². The van der Waals surface area contributed by atoms with E-state index in [0.717, 1.165) is 16.8 Å². The van der Waals surface area contributed by atoms with Crippen molar-refractivity contribution >= 4 is 5.91 Å². The van der Waals surface area contributed by atoms with Gasteiger partial charge in [-0.15, -0.1) is 0 Å². The first-order chi connectivity index (χ1) is 10.3. The zero-order valence-corrected chi connectivity index (χ0v) is 11.5. The molecule has 1 aromatic heterocycles. The third-order valence-electron chi connectivity index (χ3n) is 3.36. The molecule has 3 aromatic rings. The second-order valence-electron chi connectivity index (χ2n) is 4.82. The molecule has 3 heteroatoms. The predicted octanol–water partition coefficient (Wildman–Crippen LogP) is 3.61. The van der Waals surface area contributed by atoms with Crippen molar-refractivity contribution in [2.75, 3.05) is 0 Å². The summed E-state index contributed by atoms with van der Waals surface area (Å²) in [6, 6.07) is 21.6. The number of hydrogen-bond donors (Lipinski definition) is 2. The SMILES string of the molecule is O=C(NCc1ccc[nH]1)c1ccc(-c2ccccc2)cc1. The van der Waals surface area contributed by atoms with Crippen LogP contribution in [0.2, 0.25) is 0 Å². The fourth-order valence-electron chi connectivity index (χ4n) is 2.20. The fraction of sp³-hybridized carbons (Fsp3) is 0.0556. The molecule has 0 radical (unpaired) electrons. The highest BCUT2D eigenvalue weighted by Gasteiger charge is 2.05. The van der Waals surface area contributed by atoms with Crippen molar-refractivity contribution in [3.05, 3.63) is 84.2 Å². The van der Waals surface area contributed by atoms with Crippen molar-refractivity contribution in [3.8, 4) is 11.1 Å². The summed E-state index contributed by atoms with van der Waals surface area (Å²) in [5, 5.41) is 2.89. The number of rotatable bonds is 4. The van der Waals surface area contributed by atoms with E-state index in [2.05, 4.69) is 22.4 Å². The van der Waals surface area contributed by atoms with Gasteiger partial charge in [-0.1, -0.05) is 42.5 Å². The summed E-state index contributed by atoms with van der Waals surface area (Å²) in [4.78, 5) is 15.1. The van der Waals surface area contributed by atoms with E-state index in [1.165, 1.54) is 0 Å². The molecule has 3 rings (SSSR count). The van der Waals surface area contributed by atoms with Crippen LogP contribution in [0.5, 0.6) is 0 Å². The van der Waals surface area contributed by atoms with Crippen LogP contribution < -0.4 is 5.32 Å². The van der Waals surface area contributed by atoms with Crippen LogP contribution in [0.1, 0.15) is 16.1 Å². The highest BCUT2D eigenvalue weighted by Crippen LogP contribution is 2.19. The van der Waals surface area contributed by atoms with Gasteiger partial charge in [-0.25, -0.2) is 0 Å². The van der Waals surface area contributed by atoms with Crippen LogP contribution in [0.25, 0.3) is 11.1 Å². The van der Waals surface area contributed by atoms with Gasteiger partial charge in [0.25, 0.3) is 5.91 Å². The standard InChI is InChI=1S/C18H16N2O/c21-18(20-13-17-7-4-12-19-17)16-10-8-15(9-11-16)14-5-2-1-3-6-14/h1-12,19H,13H2,(H,20,21). The monoisotopic (exact) mass is 276 g/mol. The van der Waals surface area contributed by atoms with Crippen LogP contribution in [0.3, 0.4) is 0 Å². The van der Waals surface area contributed by atoms with Gasteiger partial charge in [0, 0.05) is 17.5 Å². The molecule has 3 nitrogen and oxygen atoms in total. The molecule has 0 saturated heterocycles. The number of amides is 1. The van der Waals surface area contributed by atoms with Gasteiger partial charge in [0.1, 0.15) is 0 Å². The topological polar surface area (TPSA) is 44.9 Å². The first kappa shape index (κ1) is 13.2. The highest BCUT2D eigenvalue weighted by atomic mass is 16.1. The molecule has 0 unspecified atom stereocenters. The van der Waals surface area contributed by atoms with E-state index in [9.17, 15) is 4.79 Å². The molecule has 1 amide bonds. The normalized spacial score (nSPS) is 10.3. The summed E-state index contributed by atoms with van der Waals surface area (Å²) in [5.41, 5.74) is 3.91. The molecule has 0 fully saturated rings. The van der Waals surface area contributed by atoms with E-state index < -0.39 is 0 Å². The van der Waals surface area contributed by atoms with E-state index >= 15 is 0 Å². The number of carbonyl (C=O) groups is 1. The lowest BCUT2D eigenvalue weighted by Gasteiger charge is -2.06. The Labute approximate surface area is 123 Å². The number of H-pyrrole nitrogens is 1. The number of aromatic amines is 1. The van der Waals surface area contributed by atoms with E-state index in [4.69, 9.17) is 0 Å². The lowest BCUT2D eigenvalue weighted by molar-refractivity contribution is 0.0950. The summed E-state index contributed by atoms with van der Waals surface area (Å²) >= 11 is 0. The van der Waals surface area contributed by atoms with Gasteiger partial charge in [-0.05, 0) is 35.4 Å². The van der Waals surface area contributed by atoms with Crippen LogP contribution >= 0.6 is 0 Å². The zero-order chi connectivity index (χ0) is 14.5. The minimum absolute atomic E-state index is 0.0655. The van der Waals surface area contributed by atoms with Crippen molar-refractivity contribution in [1.29, 1.82) is 0 Å². The molecular formula is C18H16N2O. The van der Waals surface area contributed by atoms with Gasteiger partial charge in [0.05, 0.1) is 6.54 Å². The van der Waals surface area contributed by atoms with Gasteiger partial charge < -0.3 is 10.3 Å². The molecule has 1 heterocycles. The largest absolute Gasteiger partial charge is 0.364 e. The summed E-state index contributed by atoms with van der Waals surface area (Å²) in [6.07, 6.45) is 1.84. The molecule has 0 saturated carbocycles. The van der Waals surface area contributed by atoms with Gasteiger partial charge >= 0.3 is 0 Å². The maximum absolute atomic E-state index is 12.1. The molecule has 0 bridgehead atoms. The average molecular weight is 276 g/mol. The Morgan fingerprint density at radius 3 is 2.24 bits per heavy atom. The molecule has 0 aliphatic heterocycles. The molecule has 0 aliphatic rings. The Morgan fingerprint density at radius 2 is 1.57 bits per heavy atom. The molecule has 104 valence electrons. The van der Waals surface area contributed by atoms with Gasteiger partial charge in [0.2, 0.25) is 0 Å². The number of hydrogen-bond acceptors (Lipinski definition) is 1.